The molecule has 2 bridgehead atoms. The van der Waals surface area contributed by atoms with E-state index in [1.165, 1.54) is 12.0 Å². The van der Waals surface area contributed by atoms with Crippen molar-refractivity contribution in [1.82, 2.24) is 15.1 Å². The van der Waals surface area contributed by atoms with E-state index in [1.807, 2.05) is 30.3 Å². The maximum atomic E-state index is 13.2. The number of nitrogens with one attached hydrogen (secondary N) is 1. The van der Waals surface area contributed by atoms with Gasteiger partial charge in [-0.1, -0.05) is 18.6 Å². The van der Waals surface area contributed by atoms with Crippen LogP contribution in [0, 0.1) is 17.2 Å². The Bertz CT molecular complexity index is 1370. The number of nitriles is 1. The monoisotopic (exact) mass is 510 g/mol. The molecule has 4 aliphatic heterocycles. The highest BCUT2D eigenvalue weighted by molar-refractivity contribution is 6.10. The number of imide groups is 1. The average Bonchev–Trinajstić information content (AvgIpc) is 3.19. The van der Waals surface area contributed by atoms with Crippen LogP contribution in [0.15, 0.2) is 42.5 Å². The van der Waals surface area contributed by atoms with Gasteiger partial charge in [0.1, 0.15) is 17.4 Å². The number of amides is 3. The van der Waals surface area contributed by atoms with Crippen molar-refractivity contribution in [1.29, 1.82) is 5.26 Å². The lowest BCUT2D eigenvalue weighted by molar-refractivity contribution is -0.160. The first-order chi connectivity index (χ1) is 18.4. The van der Waals surface area contributed by atoms with Crippen LogP contribution in [0.3, 0.4) is 0 Å². The van der Waals surface area contributed by atoms with Crippen LogP contribution >= 0.6 is 0 Å². The number of rotatable bonds is 5. The predicted molar refractivity (Wildman–Crippen MR) is 137 cm³/mol. The molecule has 8 heteroatoms. The molecule has 2 aromatic rings. The molecule has 1 N–H and O–H groups in total. The number of fused-ring (bicyclic) bond motifs is 3. The number of benzene rings is 2. The fourth-order valence-corrected chi connectivity index (χ4v) is 7.15. The topological polar surface area (TPSA) is 103 Å². The van der Waals surface area contributed by atoms with Crippen LogP contribution in [-0.2, 0) is 16.1 Å². The van der Waals surface area contributed by atoms with Gasteiger partial charge in [-0.3, -0.25) is 24.6 Å². The van der Waals surface area contributed by atoms with Crippen LogP contribution in [0.4, 0.5) is 0 Å². The average molecular weight is 511 g/mol. The lowest BCUT2D eigenvalue weighted by Gasteiger charge is -2.53. The number of hydrogen-bond donors (Lipinski definition) is 1. The van der Waals surface area contributed by atoms with Crippen molar-refractivity contribution in [2.24, 2.45) is 5.92 Å². The van der Waals surface area contributed by atoms with Gasteiger partial charge in [-0.2, -0.15) is 5.26 Å². The summed E-state index contributed by atoms with van der Waals surface area (Å²) in [7, 11) is 0. The minimum absolute atomic E-state index is 0.0954. The molecule has 5 fully saturated rings. The van der Waals surface area contributed by atoms with E-state index in [4.69, 9.17) is 10.00 Å². The molecule has 3 saturated heterocycles. The first-order valence-electron chi connectivity index (χ1n) is 13.7. The third kappa shape index (κ3) is 3.56. The number of ether oxygens (including phenoxy) is 1. The lowest BCUT2D eigenvalue weighted by Crippen LogP contribution is -2.73. The molecular formula is C30H30N4O4. The van der Waals surface area contributed by atoms with Crippen LogP contribution in [0.25, 0.3) is 0 Å². The van der Waals surface area contributed by atoms with Gasteiger partial charge in [0.05, 0.1) is 11.6 Å². The molecule has 6 aliphatic rings. The molecule has 8 nitrogen and oxygen atoms in total. The number of likely N-dealkylation sites (tertiary alicyclic amines) is 1. The van der Waals surface area contributed by atoms with Crippen LogP contribution in [-0.4, -0.2) is 58.3 Å². The van der Waals surface area contributed by atoms with Gasteiger partial charge in [-0.25, -0.2) is 0 Å². The normalized spacial score (nSPS) is 30.7. The van der Waals surface area contributed by atoms with Gasteiger partial charge in [0.2, 0.25) is 5.91 Å². The van der Waals surface area contributed by atoms with Crippen LogP contribution in [0.1, 0.15) is 71.5 Å². The molecule has 0 unspecified atom stereocenters. The van der Waals surface area contributed by atoms with Crippen molar-refractivity contribution in [2.75, 3.05) is 13.1 Å². The second kappa shape index (κ2) is 8.67. The quantitative estimate of drug-likeness (QED) is 0.620. The lowest BCUT2D eigenvalue weighted by atomic mass is 9.63. The van der Waals surface area contributed by atoms with Crippen molar-refractivity contribution >= 4 is 17.7 Å². The third-order valence-corrected chi connectivity index (χ3v) is 9.44. The molecule has 2 aromatic carbocycles. The Morgan fingerprint density at radius 2 is 1.74 bits per heavy atom. The van der Waals surface area contributed by atoms with Gasteiger partial charge in [-0.15, -0.1) is 0 Å². The third-order valence-electron chi connectivity index (χ3n) is 9.44. The molecule has 0 radical (unpaired) electrons. The largest absolute Gasteiger partial charge is 0.489 e. The molecule has 4 heterocycles. The summed E-state index contributed by atoms with van der Waals surface area (Å²) < 4.78 is 6.58. The van der Waals surface area contributed by atoms with E-state index >= 15 is 0 Å². The highest BCUT2D eigenvalue weighted by atomic mass is 16.5. The summed E-state index contributed by atoms with van der Waals surface area (Å²) in [5, 5.41) is 11.5. The minimum Gasteiger partial charge on any atom is -0.489 e. The van der Waals surface area contributed by atoms with Gasteiger partial charge in [0.25, 0.3) is 11.8 Å². The van der Waals surface area contributed by atoms with Gasteiger partial charge < -0.3 is 9.64 Å². The number of piperidine rings is 2. The SMILES string of the molecule is N#Cc1ccc(C2CN([C@@H]3CCCC[C@H]3Oc3ccc4c(c3)CN(C35CC(C3)C(=O)NC5=O)C4=O)C2)cc1. The van der Waals surface area contributed by atoms with Crippen molar-refractivity contribution in [3.63, 3.8) is 0 Å². The molecular weight excluding hydrogens is 480 g/mol. The second-order valence-electron chi connectivity index (χ2n) is 11.6. The van der Waals surface area contributed by atoms with Crippen molar-refractivity contribution in [3.05, 3.63) is 64.7 Å². The van der Waals surface area contributed by atoms with Crippen molar-refractivity contribution in [3.8, 4) is 11.8 Å². The van der Waals surface area contributed by atoms with Crippen molar-refractivity contribution < 1.29 is 19.1 Å². The predicted octanol–water partition coefficient (Wildman–Crippen LogP) is 3.11. The summed E-state index contributed by atoms with van der Waals surface area (Å²) in [4.78, 5) is 42.0. The van der Waals surface area contributed by atoms with E-state index in [9.17, 15) is 14.4 Å². The Balaban J connectivity index is 1.03. The Hall–Kier alpha value is -3.70. The zero-order valence-corrected chi connectivity index (χ0v) is 21.2. The summed E-state index contributed by atoms with van der Waals surface area (Å²) in [6.45, 7) is 2.36. The highest BCUT2D eigenvalue weighted by Crippen LogP contribution is 2.49. The van der Waals surface area contributed by atoms with Gasteiger partial charge in [-0.05, 0) is 73.6 Å². The molecule has 3 amide bonds. The molecule has 8 rings (SSSR count). The number of hydrogen-bond acceptors (Lipinski definition) is 6. The Kier molecular flexibility index (Phi) is 5.34. The summed E-state index contributed by atoms with van der Waals surface area (Å²) in [5.74, 6) is 0.376. The minimum atomic E-state index is -0.896. The fraction of sp³-hybridized carbons (Fsp3) is 0.467. The van der Waals surface area contributed by atoms with Gasteiger partial charge >= 0.3 is 0 Å². The molecule has 2 aliphatic carbocycles. The van der Waals surface area contributed by atoms with Gasteiger partial charge in [0, 0.05) is 43.1 Å². The highest BCUT2D eigenvalue weighted by Gasteiger charge is 2.63. The van der Waals surface area contributed by atoms with E-state index in [0.29, 0.717) is 42.5 Å². The van der Waals surface area contributed by atoms with E-state index in [2.05, 4.69) is 28.4 Å². The van der Waals surface area contributed by atoms with Gasteiger partial charge in [0.15, 0.2) is 0 Å². The van der Waals surface area contributed by atoms with E-state index in [0.717, 1.165) is 43.7 Å². The Labute approximate surface area is 221 Å². The van der Waals surface area contributed by atoms with Crippen LogP contribution < -0.4 is 10.1 Å². The van der Waals surface area contributed by atoms with Crippen LogP contribution in [0.2, 0.25) is 0 Å². The van der Waals surface area contributed by atoms with Crippen molar-refractivity contribution in [2.45, 2.75) is 68.7 Å². The molecule has 0 aromatic heterocycles. The Morgan fingerprint density at radius 3 is 2.47 bits per heavy atom. The summed E-state index contributed by atoms with van der Waals surface area (Å²) >= 11 is 0. The second-order valence-corrected chi connectivity index (χ2v) is 11.6. The fourth-order valence-electron chi connectivity index (χ4n) is 7.15. The summed E-state index contributed by atoms with van der Waals surface area (Å²) in [6, 6.07) is 16.2. The number of nitrogens with zero attached hydrogens (tertiary/aromatic N) is 3. The molecule has 2 atom stereocenters. The maximum absolute atomic E-state index is 13.2. The molecule has 2 saturated carbocycles. The van der Waals surface area contributed by atoms with E-state index < -0.39 is 5.54 Å². The standard InChI is InChI=1S/C30H30N4O4/c31-14-18-5-7-19(8-6-18)22-15-33(16-22)25-3-1-2-4-26(25)38-23-9-10-24-20(11-23)17-34(28(24)36)30-12-21(13-30)27(35)32-29(30)37/h5-11,21-22,25-26H,1-4,12-13,15-17H2,(H,32,35,37)/t21?,25-,26-,30?/m1/s1. The number of carbonyl (C=O) groups is 3. The first kappa shape index (κ1) is 23.4. The van der Waals surface area contributed by atoms with Crippen LogP contribution in [0.5, 0.6) is 5.75 Å². The summed E-state index contributed by atoms with van der Waals surface area (Å²) in [5.41, 5.74) is 2.58. The first-order valence-corrected chi connectivity index (χ1v) is 13.7. The zero-order valence-electron chi connectivity index (χ0n) is 21.2. The molecule has 0 spiro atoms. The smallest absolute Gasteiger partial charge is 0.255 e. The van der Waals surface area contributed by atoms with E-state index in [-0.39, 0.29) is 29.7 Å². The van der Waals surface area contributed by atoms with E-state index in [1.54, 1.807) is 4.90 Å². The summed E-state index contributed by atoms with van der Waals surface area (Å²) in [6.07, 6.45) is 5.39. The maximum Gasteiger partial charge on any atom is 0.255 e. The Morgan fingerprint density at radius 1 is 0.974 bits per heavy atom. The number of carbonyl (C=O) groups excluding carboxylic acids is 3. The zero-order chi connectivity index (χ0) is 26.0. The molecule has 38 heavy (non-hydrogen) atoms. The molecule has 194 valence electrons.